The number of carbonyl (C=O) groups is 2. The maximum Gasteiger partial charge on any atom is 0.304 e. The Morgan fingerprint density at radius 2 is 2.18 bits per heavy atom. The van der Waals surface area contributed by atoms with Gasteiger partial charge >= 0.3 is 5.97 Å². The predicted octanol–water partition coefficient (Wildman–Crippen LogP) is 1.14. The van der Waals surface area contributed by atoms with Crippen molar-refractivity contribution in [2.75, 3.05) is 38.9 Å². The Kier molecular flexibility index (Phi) is 3.56. The highest BCUT2D eigenvalue weighted by Gasteiger charge is 2.54. The average molecular weight is 304 g/mol. The molecule has 1 aromatic rings. The van der Waals surface area contributed by atoms with Gasteiger partial charge in [-0.3, -0.25) is 14.5 Å². The summed E-state index contributed by atoms with van der Waals surface area (Å²) in [4.78, 5) is 27.8. The summed E-state index contributed by atoms with van der Waals surface area (Å²) in [5.41, 5.74) is 1.22. The second kappa shape index (κ2) is 5.28. The van der Waals surface area contributed by atoms with Crippen molar-refractivity contribution in [1.82, 2.24) is 4.90 Å². The number of hydrogen-bond donors (Lipinski definition) is 0. The Hall–Kier alpha value is -2.08. The van der Waals surface area contributed by atoms with Gasteiger partial charge < -0.3 is 14.4 Å². The highest BCUT2D eigenvalue weighted by atomic mass is 16.5. The number of rotatable bonds is 3. The van der Waals surface area contributed by atoms with Crippen LogP contribution >= 0.6 is 0 Å². The van der Waals surface area contributed by atoms with Gasteiger partial charge in [-0.15, -0.1) is 0 Å². The molecule has 0 N–H and O–H groups in total. The first-order valence-electron chi connectivity index (χ1n) is 7.30. The number of hydrogen-bond acceptors (Lipinski definition) is 5. The number of fused-ring (bicyclic) bond motifs is 2. The molecule has 1 amide bonds. The Bertz CT molecular complexity index is 631. The third kappa shape index (κ3) is 2.14. The van der Waals surface area contributed by atoms with Crippen LogP contribution in [0, 0.1) is 0 Å². The first kappa shape index (κ1) is 14.8. The number of amides is 1. The fourth-order valence-electron chi connectivity index (χ4n) is 3.42. The van der Waals surface area contributed by atoms with Crippen molar-refractivity contribution in [3.63, 3.8) is 0 Å². The molecule has 1 fully saturated rings. The van der Waals surface area contributed by atoms with E-state index in [-0.39, 0.29) is 12.6 Å². The molecule has 0 saturated carbocycles. The van der Waals surface area contributed by atoms with Gasteiger partial charge in [0.1, 0.15) is 5.75 Å². The second-order valence-electron chi connectivity index (χ2n) is 5.95. The van der Waals surface area contributed by atoms with Crippen LogP contribution in [0.4, 0.5) is 5.69 Å². The van der Waals surface area contributed by atoms with E-state index in [0.717, 1.165) is 30.0 Å². The quantitative estimate of drug-likeness (QED) is 0.784. The zero-order valence-electron chi connectivity index (χ0n) is 13.1. The molecule has 1 unspecified atom stereocenters. The molecule has 1 spiro atoms. The maximum atomic E-state index is 13.0. The smallest absolute Gasteiger partial charge is 0.304 e. The van der Waals surface area contributed by atoms with Crippen LogP contribution in [-0.2, 0) is 19.7 Å². The average Bonchev–Trinajstić information content (AvgIpc) is 2.98. The lowest BCUT2D eigenvalue weighted by Crippen LogP contribution is -2.43. The molecular weight excluding hydrogens is 284 g/mol. The van der Waals surface area contributed by atoms with E-state index in [1.807, 2.05) is 25.2 Å². The van der Waals surface area contributed by atoms with Gasteiger partial charge in [0.2, 0.25) is 5.91 Å². The summed E-state index contributed by atoms with van der Waals surface area (Å²) < 4.78 is 10.4. The summed E-state index contributed by atoms with van der Waals surface area (Å²) >= 11 is 0. The van der Waals surface area contributed by atoms with Crippen LogP contribution in [-0.4, -0.2) is 50.8 Å². The SMILES string of the molecule is COc1ccc2c(c1)C1(CCN(C)C1)C(=O)N2COC(C)=O. The summed E-state index contributed by atoms with van der Waals surface area (Å²) in [6.45, 7) is 2.83. The molecule has 2 aliphatic rings. The Morgan fingerprint density at radius 3 is 2.77 bits per heavy atom. The third-order valence-electron chi connectivity index (χ3n) is 4.52. The maximum absolute atomic E-state index is 13.0. The minimum Gasteiger partial charge on any atom is -0.497 e. The van der Waals surface area contributed by atoms with Gasteiger partial charge in [0.05, 0.1) is 18.2 Å². The Balaban J connectivity index is 2.04. The fourth-order valence-corrected chi connectivity index (χ4v) is 3.42. The van der Waals surface area contributed by atoms with Crippen LogP contribution in [0.15, 0.2) is 18.2 Å². The van der Waals surface area contributed by atoms with Crippen molar-refractivity contribution in [3.05, 3.63) is 23.8 Å². The van der Waals surface area contributed by atoms with Crippen molar-refractivity contribution < 1.29 is 19.1 Å². The largest absolute Gasteiger partial charge is 0.497 e. The molecule has 1 saturated heterocycles. The summed E-state index contributed by atoms with van der Waals surface area (Å²) in [6.07, 6.45) is 0.763. The zero-order chi connectivity index (χ0) is 15.9. The van der Waals surface area contributed by atoms with E-state index in [1.54, 1.807) is 12.0 Å². The van der Waals surface area contributed by atoms with Gasteiger partial charge in [-0.2, -0.15) is 0 Å². The monoisotopic (exact) mass is 304 g/mol. The minimum absolute atomic E-state index is 0.00125. The number of likely N-dealkylation sites (N-methyl/N-ethyl adjacent to an activating group) is 1. The van der Waals surface area contributed by atoms with Crippen LogP contribution in [0.5, 0.6) is 5.75 Å². The lowest BCUT2D eigenvalue weighted by atomic mass is 9.81. The molecule has 6 nitrogen and oxygen atoms in total. The topological polar surface area (TPSA) is 59.1 Å². The molecule has 0 aliphatic carbocycles. The van der Waals surface area contributed by atoms with Crippen LogP contribution in [0.25, 0.3) is 0 Å². The molecule has 6 heteroatoms. The number of benzene rings is 1. The van der Waals surface area contributed by atoms with E-state index in [9.17, 15) is 9.59 Å². The molecule has 2 heterocycles. The van der Waals surface area contributed by atoms with E-state index >= 15 is 0 Å². The van der Waals surface area contributed by atoms with E-state index in [0.29, 0.717) is 6.54 Å². The van der Waals surface area contributed by atoms with E-state index < -0.39 is 11.4 Å². The summed E-state index contributed by atoms with van der Waals surface area (Å²) in [5, 5.41) is 0. The number of ether oxygens (including phenoxy) is 2. The summed E-state index contributed by atoms with van der Waals surface area (Å²) in [6, 6.07) is 5.62. The van der Waals surface area contributed by atoms with Crippen molar-refractivity contribution in [2.45, 2.75) is 18.8 Å². The molecule has 0 radical (unpaired) electrons. The molecule has 2 aliphatic heterocycles. The van der Waals surface area contributed by atoms with Gasteiger partial charge in [-0.25, -0.2) is 0 Å². The first-order valence-corrected chi connectivity index (χ1v) is 7.30. The van der Waals surface area contributed by atoms with Crippen LogP contribution in [0.3, 0.4) is 0 Å². The molecule has 0 bridgehead atoms. The number of carbonyl (C=O) groups excluding carboxylic acids is 2. The van der Waals surface area contributed by atoms with Crippen molar-refractivity contribution in [2.24, 2.45) is 0 Å². The molecule has 1 aromatic carbocycles. The van der Waals surface area contributed by atoms with Crippen LogP contribution in [0.1, 0.15) is 18.9 Å². The van der Waals surface area contributed by atoms with Gasteiger partial charge in [0, 0.05) is 13.5 Å². The van der Waals surface area contributed by atoms with Crippen molar-refractivity contribution in [3.8, 4) is 5.75 Å². The molecule has 118 valence electrons. The molecule has 22 heavy (non-hydrogen) atoms. The summed E-state index contributed by atoms with van der Waals surface area (Å²) in [5.74, 6) is 0.337. The van der Waals surface area contributed by atoms with E-state index in [1.165, 1.54) is 6.92 Å². The highest BCUT2D eigenvalue weighted by molar-refractivity contribution is 6.08. The normalized spacial score (nSPS) is 24.0. The van der Waals surface area contributed by atoms with Gasteiger partial charge in [0.15, 0.2) is 6.73 Å². The molecule has 0 aromatic heterocycles. The number of nitrogens with zero attached hydrogens (tertiary/aromatic N) is 2. The molecule has 3 rings (SSSR count). The third-order valence-corrected chi connectivity index (χ3v) is 4.52. The number of methoxy groups -OCH3 is 1. The number of likely N-dealkylation sites (tertiary alicyclic amines) is 1. The Morgan fingerprint density at radius 1 is 1.41 bits per heavy atom. The number of anilines is 1. The van der Waals surface area contributed by atoms with Crippen LogP contribution < -0.4 is 9.64 Å². The predicted molar refractivity (Wildman–Crippen MR) is 80.9 cm³/mol. The Labute approximate surface area is 129 Å². The molecule has 1 atom stereocenters. The van der Waals surface area contributed by atoms with Gasteiger partial charge in [-0.1, -0.05) is 0 Å². The molecular formula is C16H20N2O4. The second-order valence-corrected chi connectivity index (χ2v) is 5.95. The lowest BCUT2D eigenvalue weighted by Gasteiger charge is -2.23. The van der Waals surface area contributed by atoms with Crippen molar-refractivity contribution in [1.29, 1.82) is 0 Å². The van der Waals surface area contributed by atoms with E-state index in [4.69, 9.17) is 9.47 Å². The lowest BCUT2D eigenvalue weighted by molar-refractivity contribution is -0.141. The van der Waals surface area contributed by atoms with Gasteiger partial charge in [0.25, 0.3) is 0 Å². The van der Waals surface area contributed by atoms with Crippen LogP contribution in [0.2, 0.25) is 0 Å². The number of esters is 1. The van der Waals surface area contributed by atoms with Crippen molar-refractivity contribution >= 4 is 17.6 Å². The fraction of sp³-hybridized carbons (Fsp3) is 0.500. The van der Waals surface area contributed by atoms with Gasteiger partial charge in [-0.05, 0) is 43.8 Å². The summed E-state index contributed by atoms with van der Waals surface area (Å²) in [7, 11) is 3.62. The zero-order valence-corrected chi connectivity index (χ0v) is 13.1. The first-order chi connectivity index (χ1) is 10.5. The standard InChI is InChI=1S/C16H20N2O4/c1-11(19)22-10-18-14-5-4-12(21-3)8-13(14)16(15(18)20)6-7-17(2)9-16/h4-5,8H,6-7,9-10H2,1-3H3. The highest BCUT2D eigenvalue weighted by Crippen LogP contribution is 2.48. The minimum atomic E-state index is -0.557. The van der Waals surface area contributed by atoms with E-state index in [2.05, 4.69) is 4.90 Å².